The van der Waals surface area contributed by atoms with E-state index in [1.165, 1.54) is 0 Å². The lowest BCUT2D eigenvalue weighted by atomic mass is 9.96. The number of carbonyl (C=O) groups is 1. The SMILES string of the molecule is COc1cccc(CC(=O)C2CCC(N)C2)c1. The number of benzene rings is 1. The fourth-order valence-electron chi connectivity index (χ4n) is 2.44. The first-order chi connectivity index (χ1) is 8.19. The van der Waals surface area contributed by atoms with Crippen molar-refractivity contribution in [3.8, 4) is 5.75 Å². The first-order valence-electron chi connectivity index (χ1n) is 6.10. The first kappa shape index (κ1) is 12.1. The molecule has 1 saturated carbocycles. The Morgan fingerprint density at radius 1 is 1.47 bits per heavy atom. The highest BCUT2D eigenvalue weighted by Gasteiger charge is 2.27. The molecule has 3 nitrogen and oxygen atoms in total. The van der Waals surface area contributed by atoms with Crippen LogP contribution in [0.5, 0.6) is 5.75 Å². The average Bonchev–Trinajstić information content (AvgIpc) is 2.76. The predicted molar refractivity (Wildman–Crippen MR) is 67.0 cm³/mol. The highest BCUT2D eigenvalue weighted by molar-refractivity contribution is 5.83. The van der Waals surface area contributed by atoms with Crippen LogP contribution in [0.25, 0.3) is 0 Å². The third-order valence-electron chi connectivity index (χ3n) is 3.44. The van der Waals surface area contributed by atoms with E-state index >= 15 is 0 Å². The van der Waals surface area contributed by atoms with Crippen LogP contribution in [-0.2, 0) is 11.2 Å². The third-order valence-corrected chi connectivity index (χ3v) is 3.44. The van der Waals surface area contributed by atoms with Gasteiger partial charge >= 0.3 is 0 Å². The fourth-order valence-corrected chi connectivity index (χ4v) is 2.44. The molecule has 1 aliphatic rings. The second-order valence-electron chi connectivity index (χ2n) is 4.76. The summed E-state index contributed by atoms with van der Waals surface area (Å²) in [6, 6.07) is 7.91. The minimum Gasteiger partial charge on any atom is -0.497 e. The van der Waals surface area contributed by atoms with Crippen molar-refractivity contribution in [2.24, 2.45) is 11.7 Å². The van der Waals surface area contributed by atoms with Crippen molar-refractivity contribution in [1.82, 2.24) is 0 Å². The van der Waals surface area contributed by atoms with Gasteiger partial charge in [0.2, 0.25) is 0 Å². The fraction of sp³-hybridized carbons (Fsp3) is 0.500. The van der Waals surface area contributed by atoms with Gasteiger partial charge in [0.15, 0.2) is 0 Å². The lowest BCUT2D eigenvalue weighted by molar-refractivity contribution is -0.122. The molecule has 1 aliphatic carbocycles. The maximum atomic E-state index is 12.1. The lowest BCUT2D eigenvalue weighted by Crippen LogP contribution is -2.19. The van der Waals surface area contributed by atoms with Crippen LogP contribution in [0.1, 0.15) is 24.8 Å². The molecular formula is C14H19NO2. The number of carbonyl (C=O) groups excluding carboxylic acids is 1. The van der Waals surface area contributed by atoms with Crippen LogP contribution in [0, 0.1) is 5.92 Å². The number of Topliss-reactive ketones (excluding diaryl/α,β-unsaturated/α-hetero) is 1. The molecule has 0 radical (unpaired) electrons. The zero-order valence-electron chi connectivity index (χ0n) is 10.2. The molecule has 0 amide bonds. The van der Waals surface area contributed by atoms with E-state index < -0.39 is 0 Å². The summed E-state index contributed by atoms with van der Waals surface area (Å²) in [5.74, 6) is 1.28. The van der Waals surface area contributed by atoms with Gasteiger partial charge in [-0.25, -0.2) is 0 Å². The van der Waals surface area contributed by atoms with E-state index in [0.717, 1.165) is 30.6 Å². The number of methoxy groups -OCH3 is 1. The third kappa shape index (κ3) is 3.07. The summed E-state index contributed by atoms with van der Waals surface area (Å²) >= 11 is 0. The van der Waals surface area contributed by atoms with Crippen LogP contribution < -0.4 is 10.5 Å². The molecule has 0 saturated heterocycles. The van der Waals surface area contributed by atoms with Gasteiger partial charge in [0, 0.05) is 18.4 Å². The van der Waals surface area contributed by atoms with Gasteiger partial charge in [-0.05, 0) is 37.0 Å². The molecule has 1 fully saturated rings. The zero-order chi connectivity index (χ0) is 12.3. The number of ether oxygens (including phenoxy) is 1. The molecule has 2 atom stereocenters. The van der Waals surface area contributed by atoms with Gasteiger partial charge in [0.1, 0.15) is 11.5 Å². The van der Waals surface area contributed by atoms with Crippen molar-refractivity contribution in [1.29, 1.82) is 0 Å². The Bertz CT molecular complexity index is 403. The van der Waals surface area contributed by atoms with Gasteiger partial charge in [-0.3, -0.25) is 4.79 Å². The number of hydrogen-bond acceptors (Lipinski definition) is 3. The standard InChI is InChI=1S/C14H19NO2/c1-17-13-4-2-3-10(7-13)8-14(16)11-5-6-12(15)9-11/h2-4,7,11-12H,5-6,8-9,15H2,1H3. The van der Waals surface area contributed by atoms with E-state index in [1.54, 1.807) is 7.11 Å². The minimum atomic E-state index is 0.163. The molecule has 0 spiro atoms. The smallest absolute Gasteiger partial charge is 0.140 e. The van der Waals surface area contributed by atoms with Crippen molar-refractivity contribution in [3.63, 3.8) is 0 Å². The zero-order valence-corrected chi connectivity index (χ0v) is 10.2. The molecule has 2 unspecified atom stereocenters. The van der Waals surface area contributed by atoms with Gasteiger partial charge < -0.3 is 10.5 Å². The number of nitrogens with two attached hydrogens (primary N) is 1. The summed E-state index contributed by atoms with van der Waals surface area (Å²) in [5, 5.41) is 0. The van der Waals surface area contributed by atoms with Crippen molar-refractivity contribution >= 4 is 5.78 Å². The second kappa shape index (κ2) is 5.32. The number of rotatable bonds is 4. The Balaban J connectivity index is 1.98. The number of ketones is 1. The van der Waals surface area contributed by atoms with Crippen molar-refractivity contribution < 1.29 is 9.53 Å². The maximum absolute atomic E-state index is 12.1. The quantitative estimate of drug-likeness (QED) is 0.864. The molecule has 2 N–H and O–H groups in total. The summed E-state index contributed by atoms with van der Waals surface area (Å²) in [6.07, 6.45) is 3.27. The normalized spacial score (nSPS) is 23.6. The van der Waals surface area contributed by atoms with Gasteiger partial charge in [-0.1, -0.05) is 12.1 Å². The Morgan fingerprint density at radius 3 is 2.94 bits per heavy atom. The molecule has 0 heterocycles. The first-order valence-corrected chi connectivity index (χ1v) is 6.10. The van der Waals surface area contributed by atoms with Crippen LogP contribution in [0.4, 0.5) is 0 Å². The van der Waals surface area contributed by atoms with Gasteiger partial charge in [0.25, 0.3) is 0 Å². The van der Waals surface area contributed by atoms with E-state index in [4.69, 9.17) is 10.5 Å². The summed E-state index contributed by atoms with van der Waals surface area (Å²) in [5.41, 5.74) is 6.85. The minimum absolute atomic E-state index is 0.163. The molecule has 1 aromatic carbocycles. The number of hydrogen-bond donors (Lipinski definition) is 1. The largest absolute Gasteiger partial charge is 0.497 e. The van der Waals surface area contributed by atoms with E-state index in [9.17, 15) is 4.79 Å². The van der Waals surface area contributed by atoms with Crippen LogP contribution in [-0.4, -0.2) is 18.9 Å². The van der Waals surface area contributed by atoms with Crippen LogP contribution in [0.3, 0.4) is 0 Å². The lowest BCUT2D eigenvalue weighted by Gasteiger charge is -2.09. The Morgan fingerprint density at radius 2 is 2.29 bits per heavy atom. The predicted octanol–water partition coefficient (Wildman–Crippen LogP) is 1.93. The van der Waals surface area contributed by atoms with Crippen molar-refractivity contribution in [3.05, 3.63) is 29.8 Å². The van der Waals surface area contributed by atoms with E-state index in [0.29, 0.717) is 12.2 Å². The molecule has 92 valence electrons. The summed E-state index contributed by atoms with van der Waals surface area (Å²) in [4.78, 5) is 12.1. The second-order valence-corrected chi connectivity index (χ2v) is 4.76. The monoisotopic (exact) mass is 233 g/mol. The maximum Gasteiger partial charge on any atom is 0.140 e. The van der Waals surface area contributed by atoms with Gasteiger partial charge in [0.05, 0.1) is 7.11 Å². The Kier molecular flexibility index (Phi) is 3.79. The highest BCUT2D eigenvalue weighted by Crippen LogP contribution is 2.26. The highest BCUT2D eigenvalue weighted by atomic mass is 16.5. The van der Waals surface area contributed by atoms with E-state index in [1.807, 2.05) is 24.3 Å². The Labute approximate surface area is 102 Å². The summed E-state index contributed by atoms with van der Waals surface area (Å²) in [7, 11) is 1.64. The van der Waals surface area contributed by atoms with Gasteiger partial charge in [-0.2, -0.15) is 0 Å². The van der Waals surface area contributed by atoms with E-state index in [-0.39, 0.29) is 12.0 Å². The molecule has 0 aromatic heterocycles. The molecular weight excluding hydrogens is 214 g/mol. The molecule has 3 heteroatoms. The Hall–Kier alpha value is -1.35. The van der Waals surface area contributed by atoms with Gasteiger partial charge in [-0.15, -0.1) is 0 Å². The molecule has 2 rings (SSSR count). The average molecular weight is 233 g/mol. The van der Waals surface area contributed by atoms with Crippen molar-refractivity contribution in [2.45, 2.75) is 31.7 Å². The van der Waals surface area contributed by atoms with Crippen LogP contribution in [0.2, 0.25) is 0 Å². The van der Waals surface area contributed by atoms with Crippen LogP contribution >= 0.6 is 0 Å². The molecule has 17 heavy (non-hydrogen) atoms. The molecule has 0 bridgehead atoms. The van der Waals surface area contributed by atoms with Crippen molar-refractivity contribution in [2.75, 3.05) is 7.11 Å². The van der Waals surface area contributed by atoms with Crippen LogP contribution in [0.15, 0.2) is 24.3 Å². The molecule has 1 aromatic rings. The molecule has 0 aliphatic heterocycles. The summed E-state index contributed by atoms with van der Waals surface area (Å²) < 4.78 is 5.15. The van der Waals surface area contributed by atoms with E-state index in [2.05, 4.69) is 0 Å². The summed E-state index contributed by atoms with van der Waals surface area (Å²) in [6.45, 7) is 0. The topological polar surface area (TPSA) is 52.3 Å².